The molecular formula is C38H39Cl2N3O8. The Morgan fingerprint density at radius 2 is 1.61 bits per heavy atom. The molecule has 3 saturated heterocycles. The highest BCUT2D eigenvalue weighted by Crippen LogP contribution is 2.40. The lowest BCUT2D eigenvalue weighted by Crippen LogP contribution is -2.52. The molecule has 7 rings (SSSR count). The predicted molar refractivity (Wildman–Crippen MR) is 188 cm³/mol. The number of methoxy groups -OCH3 is 3. The molecule has 0 amide bonds. The third-order valence-electron chi connectivity index (χ3n) is 9.79. The largest absolute Gasteiger partial charge is 0.545 e. The number of para-hydroxylation sites is 1. The van der Waals surface area contributed by atoms with Crippen molar-refractivity contribution in [1.29, 1.82) is 0 Å². The number of benzene rings is 3. The van der Waals surface area contributed by atoms with Gasteiger partial charge in [0.15, 0.2) is 17.5 Å². The van der Waals surface area contributed by atoms with Crippen molar-refractivity contribution in [2.24, 2.45) is 5.92 Å². The Morgan fingerprint density at radius 1 is 0.922 bits per heavy atom. The number of aromatic carboxylic acids is 1. The molecule has 1 aromatic heterocycles. The van der Waals surface area contributed by atoms with E-state index < -0.39 is 23.9 Å². The number of carbonyl (C=O) groups is 2. The number of pyridine rings is 1. The number of carboxylic acid groups (broad SMARTS) is 1. The number of nitrogens with zero attached hydrogens (tertiary/aromatic N) is 2. The van der Waals surface area contributed by atoms with Gasteiger partial charge in [0.2, 0.25) is 12.4 Å². The predicted octanol–water partition coefficient (Wildman–Crippen LogP) is 5.07. The van der Waals surface area contributed by atoms with Gasteiger partial charge in [0, 0.05) is 39.6 Å². The minimum Gasteiger partial charge on any atom is -0.545 e. The van der Waals surface area contributed by atoms with Crippen LogP contribution < -0.4 is 29.4 Å². The summed E-state index contributed by atoms with van der Waals surface area (Å²) in [5.41, 5.74) is 2.41. The smallest absolute Gasteiger partial charge is 0.333 e. The van der Waals surface area contributed by atoms with Gasteiger partial charge in [-0.05, 0) is 79.7 Å². The normalized spacial score (nSPS) is 19.1. The number of ether oxygens (including phenoxy) is 4. The van der Waals surface area contributed by atoms with E-state index in [1.54, 1.807) is 42.5 Å². The van der Waals surface area contributed by atoms with E-state index in [1.165, 1.54) is 39.8 Å². The number of esters is 1. The Morgan fingerprint density at radius 3 is 2.24 bits per heavy atom. The van der Waals surface area contributed by atoms with Gasteiger partial charge in [0.05, 0.1) is 27.3 Å². The van der Waals surface area contributed by atoms with Crippen LogP contribution in [0.25, 0.3) is 0 Å². The molecule has 3 atom stereocenters. The highest BCUT2D eigenvalue weighted by atomic mass is 35.5. The van der Waals surface area contributed by atoms with E-state index in [0.717, 1.165) is 30.7 Å². The molecule has 3 aromatic carbocycles. The number of halogens is 2. The van der Waals surface area contributed by atoms with Crippen molar-refractivity contribution in [3.63, 3.8) is 0 Å². The van der Waals surface area contributed by atoms with Crippen molar-refractivity contribution in [3.8, 4) is 17.2 Å². The molecule has 13 heteroatoms. The number of nitrogens with one attached hydrogen (secondary N) is 1. The number of aromatic nitrogens is 1. The van der Waals surface area contributed by atoms with Crippen molar-refractivity contribution in [3.05, 3.63) is 111 Å². The second-order valence-electron chi connectivity index (χ2n) is 12.7. The van der Waals surface area contributed by atoms with Crippen LogP contribution in [-0.2, 0) is 16.0 Å². The molecular weight excluding hydrogens is 697 g/mol. The first-order valence-electron chi connectivity index (χ1n) is 16.6. The second kappa shape index (κ2) is 15.7. The number of hydrogen-bond donors (Lipinski definition) is 2. The minimum absolute atomic E-state index is 0.0792. The summed E-state index contributed by atoms with van der Waals surface area (Å²) in [6, 6.07) is 16.2. The Kier molecular flexibility index (Phi) is 11.1. The molecule has 2 N–H and O–H groups in total. The molecule has 0 spiro atoms. The van der Waals surface area contributed by atoms with E-state index in [-0.39, 0.29) is 28.1 Å². The quantitative estimate of drug-likeness (QED) is 0.109. The fourth-order valence-electron chi connectivity index (χ4n) is 7.14. The van der Waals surface area contributed by atoms with E-state index >= 15 is 0 Å². The molecule has 0 radical (unpaired) electrons. The molecule has 4 heterocycles. The number of anilines is 1. The van der Waals surface area contributed by atoms with Crippen molar-refractivity contribution in [2.75, 3.05) is 46.3 Å². The monoisotopic (exact) mass is 735 g/mol. The summed E-state index contributed by atoms with van der Waals surface area (Å²) < 4.78 is 23.7. The maximum atomic E-state index is 14.1. The molecule has 3 aliphatic heterocycles. The fraction of sp³-hybridized carbons (Fsp3) is 0.342. The highest BCUT2D eigenvalue weighted by Gasteiger charge is 2.38. The number of fused-ring (bicyclic) bond motifs is 3. The summed E-state index contributed by atoms with van der Waals surface area (Å²) in [4.78, 5) is 29.1. The summed E-state index contributed by atoms with van der Waals surface area (Å²) >= 11 is 13.2. The topological polar surface area (TPSA) is 134 Å². The number of carbonyl (C=O) groups excluding carboxylic acids is 2. The number of hydrogen-bond acceptors (Lipinski definition) is 10. The highest BCUT2D eigenvalue weighted by molar-refractivity contribution is 6.35. The van der Waals surface area contributed by atoms with E-state index in [0.29, 0.717) is 57.7 Å². The van der Waals surface area contributed by atoms with Gasteiger partial charge < -0.3 is 34.2 Å². The van der Waals surface area contributed by atoms with Gasteiger partial charge in [0.25, 0.3) is 0 Å². The molecule has 4 aromatic rings. The first-order valence-corrected chi connectivity index (χ1v) is 17.3. The first kappa shape index (κ1) is 36.1. The van der Waals surface area contributed by atoms with Crippen molar-refractivity contribution < 1.29 is 43.6 Å². The van der Waals surface area contributed by atoms with Gasteiger partial charge in [-0.2, -0.15) is 0 Å². The lowest BCUT2D eigenvalue weighted by molar-refractivity contribution is -0.904. The molecule has 2 bridgehead atoms. The molecule has 11 nitrogen and oxygen atoms in total. The Bertz CT molecular complexity index is 1890. The molecule has 51 heavy (non-hydrogen) atoms. The average Bonchev–Trinajstić information content (AvgIpc) is 3.13. The van der Waals surface area contributed by atoms with Crippen molar-refractivity contribution in [1.82, 2.24) is 4.90 Å². The minimum atomic E-state index is -1.40. The summed E-state index contributed by atoms with van der Waals surface area (Å²) in [5.74, 6) is -0.866. The van der Waals surface area contributed by atoms with Crippen LogP contribution in [0.5, 0.6) is 17.2 Å². The van der Waals surface area contributed by atoms with Gasteiger partial charge in [-0.1, -0.05) is 53.5 Å². The van der Waals surface area contributed by atoms with Gasteiger partial charge in [-0.15, -0.1) is 0 Å². The molecule has 0 saturated carbocycles. The lowest BCUT2D eigenvalue weighted by Gasteiger charge is -2.44. The van der Waals surface area contributed by atoms with Crippen LogP contribution in [0.3, 0.4) is 0 Å². The van der Waals surface area contributed by atoms with Crippen LogP contribution in [0.2, 0.25) is 10.0 Å². The third-order valence-corrected chi connectivity index (χ3v) is 10.4. The maximum absolute atomic E-state index is 14.1. The van der Waals surface area contributed by atoms with E-state index in [2.05, 4.69) is 10.2 Å². The Hall–Kier alpha value is -4.71. The standard InChI is InChI=1S/C38H39Cl2N3O8/c1-48-32-7-5-4-6-26(32)36(38(46)51-35-21-42-14-12-22(35)13-15-42)41-24-9-10-25(37(44)45)28(17-24)27(18-29-30(39)19-43(47)20-31(29)40)23-8-11-33(49-2)34(16-23)50-3/h4-11,16-17,19-20,22,27,35-36,41H,12-15,18,21H2,1-3H3,(H-,44,45,47)/t27?,35-,36?/m0/s1. The van der Waals surface area contributed by atoms with Gasteiger partial charge >= 0.3 is 5.97 Å². The van der Waals surface area contributed by atoms with E-state index in [9.17, 15) is 19.9 Å². The van der Waals surface area contributed by atoms with Gasteiger partial charge in [0.1, 0.15) is 21.9 Å². The second-order valence-corrected chi connectivity index (χ2v) is 13.5. The fourth-order valence-corrected chi connectivity index (χ4v) is 7.75. The first-order chi connectivity index (χ1) is 24.6. The Labute approximate surface area is 306 Å². The van der Waals surface area contributed by atoms with Gasteiger partial charge in [-0.3, -0.25) is 10.1 Å². The number of piperidine rings is 3. The maximum Gasteiger partial charge on any atom is 0.333 e. The van der Waals surface area contributed by atoms with Crippen LogP contribution in [-0.4, -0.2) is 69.1 Å². The number of carboxylic acids is 1. The van der Waals surface area contributed by atoms with Crippen LogP contribution in [0.4, 0.5) is 5.69 Å². The zero-order valence-corrected chi connectivity index (χ0v) is 29.9. The third kappa shape index (κ3) is 7.80. The summed E-state index contributed by atoms with van der Waals surface area (Å²) in [6.45, 7) is 2.69. The van der Waals surface area contributed by atoms with Crippen LogP contribution in [0.15, 0.2) is 73.1 Å². The van der Waals surface area contributed by atoms with Crippen molar-refractivity contribution >= 4 is 40.8 Å². The van der Waals surface area contributed by atoms with Crippen LogP contribution in [0.1, 0.15) is 57.4 Å². The summed E-state index contributed by atoms with van der Waals surface area (Å²) in [7, 11) is 4.56. The zero-order chi connectivity index (χ0) is 36.2. The lowest BCUT2D eigenvalue weighted by atomic mass is 9.83. The molecule has 2 unspecified atom stereocenters. The molecule has 3 fully saturated rings. The zero-order valence-electron chi connectivity index (χ0n) is 28.4. The summed E-state index contributed by atoms with van der Waals surface area (Å²) in [5, 5.41) is 26.4. The molecule has 268 valence electrons. The van der Waals surface area contributed by atoms with E-state index in [1.807, 2.05) is 12.1 Å². The summed E-state index contributed by atoms with van der Waals surface area (Å²) in [6.07, 6.45) is 4.43. The number of rotatable bonds is 13. The molecule has 3 aliphatic rings. The Balaban J connectivity index is 1.44. The average molecular weight is 737 g/mol. The van der Waals surface area contributed by atoms with Gasteiger partial charge in [-0.25, -0.2) is 4.79 Å². The van der Waals surface area contributed by atoms with E-state index in [4.69, 9.17) is 42.1 Å². The van der Waals surface area contributed by atoms with Crippen LogP contribution in [0, 0.1) is 5.92 Å². The SMILES string of the molecule is COc1ccc(C(Cc2c(Cl)c[n+](O)cc2Cl)c2cc(NC(C(=O)O[C@H]3CN4CCC3CC4)c3ccccc3OC)ccc2C(=O)[O-])cc1OC. The van der Waals surface area contributed by atoms with Crippen LogP contribution >= 0.6 is 23.2 Å². The molecule has 0 aliphatic carbocycles. The van der Waals surface area contributed by atoms with Crippen molar-refractivity contribution in [2.45, 2.75) is 37.3 Å².